The Balaban J connectivity index is 1.71. The van der Waals surface area contributed by atoms with E-state index in [1.165, 1.54) is 0 Å². The summed E-state index contributed by atoms with van der Waals surface area (Å²) in [6.45, 7) is 6.15. The molecule has 1 aliphatic rings. The van der Waals surface area contributed by atoms with Crippen molar-refractivity contribution in [1.29, 1.82) is 0 Å². The molecule has 1 aliphatic heterocycles. The first kappa shape index (κ1) is 16.2. The lowest BCUT2D eigenvalue weighted by atomic mass is 10.1. The summed E-state index contributed by atoms with van der Waals surface area (Å²) in [5.41, 5.74) is 2.85. The number of amides is 1. The van der Waals surface area contributed by atoms with Crippen LogP contribution in [0.1, 0.15) is 24.5 Å². The van der Waals surface area contributed by atoms with Crippen LogP contribution < -0.4 is 19.5 Å². The van der Waals surface area contributed by atoms with Gasteiger partial charge >= 0.3 is 0 Å². The molecule has 2 aromatic rings. The van der Waals surface area contributed by atoms with Gasteiger partial charge in [0.25, 0.3) is 5.91 Å². The van der Waals surface area contributed by atoms with Crippen LogP contribution in [0.3, 0.4) is 0 Å². The van der Waals surface area contributed by atoms with E-state index in [0.29, 0.717) is 23.6 Å². The zero-order valence-corrected chi connectivity index (χ0v) is 14.1. The third-order valence-corrected chi connectivity index (χ3v) is 4.13. The molecule has 24 heavy (non-hydrogen) atoms. The minimum absolute atomic E-state index is 0.183. The Kier molecular flexibility index (Phi) is 4.60. The van der Waals surface area contributed by atoms with Crippen molar-refractivity contribution in [3.8, 4) is 17.2 Å². The molecule has 0 aromatic heterocycles. The van der Waals surface area contributed by atoms with Crippen LogP contribution in [0.5, 0.6) is 17.2 Å². The lowest BCUT2D eigenvalue weighted by molar-refractivity contribution is -0.122. The molecule has 3 rings (SSSR count). The number of fused-ring (bicyclic) bond motifs is 1. The molecule has 0 unspecified atom stereocenters. The lowest BCUT2D eigenvalue weighted by Gasteiger charge is -2.19. The molecule has 1 N–H and O–H groups in total. The fraction of sp³-hybridized carbons (Fsp3) is 0.316. The number of benzene rings is 2. The van der Waals surface area contributed by atoms with Crippen LogP contribution >= 0.6 is 0 Å². The number of rotatable bonds is 5. The van der Waals surface area contributed by atoms with Gasteiger partial charge in [-0.25, -0.2) is 0 Å². The Morgan fingerprint density at radius 1 is 1.21 bits per heavy atom. The lowest BCUT2D eigenvalue weighted by Crippen LogP contribution is -2.32. The normalized spacial score (nSPS) is 13.5. The molecule has 126 valence electrons. The van der Waals surface area contributed by atoms with Gasteiger partial charge in [0.2, 0.25) is 6.79 Å². The van der Waals surface area contributed by atoms with E-state index in [4.69, 9.17) is 14.2 Å². The van der Waals surface area contributed by atoms with Crippen LogP contribution in [0.4, 0.5) is 5.69 Å². The van der Waals surface area contributed by atoms with Gasteiger partial charge < -0.3 is 19.5 Å². The molecule has 0 bridgehead atoms. The molecule has 0 fully saturated rings. The van der Waals surface area contributed by atoms with E-state index in [0.717, 1.165) is 16.9 Å². The van der Waals surface area contributed by atoms with Gasteiger partial charge in [0.1, 0.15) is 5.75 Å². The summed E-state index contributed by atoms with van der Waals surface area (Å²) >= 11 is 0. The fourth-order valence-electron chi connectivity index (χ4n) is 2.52. The van der Waals surface area contributed by atoms with Gasteiger partial charge in [-0.2, -0.15) is 0 Å². The second kappa shape index (κ2) is 6.83. The molecule has 1 heterocycles. The average molecular weight is 327 g/mol. The molecule has 0 spiro atoms. The van der Waals surface area contributed by atoms with Crippen LogP contribution in [0, 0.1) is 13.8 Å². The van der Waals surface area contributed by atoms with Gasteiger partial charge in [0.15, 0.2) is 17.6 Å². The Morgan fingerprint density at radius 3 is 2.79 bits per heavy atom. The second-order valence-electron chi connectivity index (χ2n) is 5.77. The number of hydrogen-bond acceptors (Lipinski definition) is 4. The van der Waals surface area contributed by atoms with Gasteiger partial charge in [0, 0.05) is 11.8 Å². The highest BCUT2D eigenvalue weighted by atomic mass is 16.7. The van der Waals surface area contributed by atoms with Gasteiger partial charge in [-0.05, 0) is 49.6 Å². The van der Waals surface area contributed by atoms with E-state index in [-0.39, 0.29) is 12.7 Å². The van der Waals surface area contributed by atoms with Crippen molar-refractivity contribution in [3.05, 3.63) is 47.5 Å². The van der Waals surface area contributed by atoms with E-state index >= 15 is 0 Å². The number of carbonyl (C=O) groups excluding carboxylic acids is 1. The molecule has 1 atom stereocenters. The molecule has 0 saturated carbocycles. The van der Waals surface area contributed by atoms with Crippen molar-refractivity contribution < 1.29 is 19.0 Å². The Morgan fingerprint density at radius 2 is 2.00 bits per heavy atom. The standard InChI is InChI=1S/C19H21NO4/c1-4-15(24-16-7-5-6-12(2)13(16)3)19(21)20-14-8-9-17-18(10-14)23-11-22-17/h5-10,15H,4,11H2,1-3H3,(H,20,21)/t15-/m0/s1. The highest BCUT2D eigenvalue weighted by Gasteiger charge is 2.21. The van der Waals surface area contributed by atoms with E-state index in [1.54, 1.807) is 18.2 Å². The largest absolute Gasteiger partial charge is 0.480 e. The summed E-state index contributed by atoms with van der Waals surface area (Å²) in [6, 6.07) is 11.2. The molecule has 1 amide bonds. The van der Waals surface area contributed by atoms with Crippen molar-refractivity contribution in [3.63, 3.8) is 0 Å². The van der Waals surface area contributed by atoms with Gasteiger partial charge in [-0.3, -0.25) is 4.79 Å². The van der Waals surface area contributed by atoms with Crippen molar-refractivity contribution >= 4 is 11.6 Å². The van der Waals surface area contributed by atoms with Crippen molar-refractivity contribution in [2.45, 2.75) is 33.3 Å². The van der Waals surface area contributed by atoms with Crippen molar-refractivity contribution in [2.24, 2.45) is 0 Å². The number of carbonyl (C=O) groups is 1. The summed E-state index contributed by atoms with van der Waals surface area (Å²) in [5.74, 6) is 1.88. The maximum Gasteiger partial charge on any atom is 0.265 e. The zero-order chi connectivity index (χ0) is 17.1. The Bertz CT molecular complexity index is 757. The number of hydrogen-bond donors (Lipinski definition) is 1. The maximum absolute atomic E-state index is 12.5. The molecule has 5 nitrogen and oxygen atoms in total. The molecule has 2 aromatic carbocycles. The smallest absolute Gasteiger partial charge is 0.265 e. The first-order valence-corrected chi connectivity index (χ1v) is 8.02. The summed E-state index contributed by atoms with van der Waals surface area (Å²) in [7, 11) is 0. The highest BCUT2D eigenvalue weighted by Crippen LogP contribution is 2.34. The van der Waals surface area contributed by atoms with Crippen LogP contribution in [-0.2, 0) is 4.79 Å². The monoisotopic (exact) mass is 327 g/mol. The van der Waals surface area contributed by atoms with E-state index < -0.39 is 6.10 Å². The van der Waals surface area contributed by atoms with Gasteiger partial charge in [-0.15, -0.1) is 0 Å². The molecule has 5 heteroatoms. The number of aryl methyl sites for hydroxylation is 1. The molecule has 0 aliphatic carbocycles. The first-order valence-electron chi connectivity index (χ1n) is 8.02. The van der Waals surface area contributed by atoms with Crippen molar-refractivity contribution in [2.75, 3.05) is 12.1 Å². The summed E-state index contributed by atoms with van der Waals surface area (Å²) in [4.78, 5) is 12.5. The number of anilines is 1. The maximum atomic E-state index is 12.5. The predicted octanol–water partition coefficient (Wildman–Crippen LogP) is 3.83. The summed E-state index contributed by atoms with van der Waals surface area (Å²) < 4.78 is 16.5. The second-order valence-corrected chi connectivity index (χ2v) is 5.77. The summed E-state index contributed by atoms with van der Waals surface area (Å²) in [6.07, 6.45) is 0.0139. The Labute approximate surface area is 141 Å². The Hall–Kier alpha value is -2.69. The molecular weight excluding hydrogens is 306 g/mol. The zero-order valence-electron chi connectivity index (χ0n) is 14.1. The van der Waals surface area contributed by atoms with Crippen LogP contribution in [0.15, 0.2) is 36.4 Å². The van der Waals surface area contributed by atoms with Crippen molar-refractivity contribution in [1.82, 2.24) is 0 Å². The fourth-order valence-corrected chi connectivity index (χ4v) is 2.52. The predicted molar refractivity (Wildman–Crippen MR) is 91.8 cm³/mol. The third kappa shape index (κ3) is 3.30. The average Bonchev–Trinajstić information content (AvgIpc) is 3.03. The van der Waals surface area contributed by atoms with E-state index in [9.17, 15) is 4.79 Å². The third-order valence-electron chi connectivity index (χ3n) is 4.13. The minimum atomic E-state index is -0.559. The van der Waals surface area contributed by atoms with Gasteiger partial charge in [-0.1, -0.05) is 19.1 Å². The number of nitrogens with one attached hydrogen (secondary N) is 1. The van der Waals surface area contributed by atoms with E-state index in [1.807, 2.05) is 39.0 Å². The quantitative estimate of drug-likeness (QED) is 0.907. The van der Waals surface area contributed by atoms with E-state index in [2.05, 4.69) is 5.32 Å². The van der Waals surface area contributed by atoms with Crippen LogP contribution in [-0.4, -0.2) is 18.8 Å². The van der Waals surface area contributed by atoms with Crippen LogP contribution in [0.25, 0.3) is 0 Å². The highest BCUT2D eigenvalue weighted by molar-refractivity contribution is 5.94. The molecular formula is C19H21NO4. The SMILES string of the molecule is CC[C@H](Oc1cccc(C)c1C)C(=O)Nc1ccc2c(c1)OCO2. The summed E-state index contributed by atoms with van der Waals surface area (Å²) in [5, 5.41) is 2.88. The molecule has 0 radical (unpaired) electrons. The van der Waals surface area contributed by atoms with Crippen LogP contribution in [0.2, 0.25) is 0 Å². The minimum Gasteiger partial charge on any atom is -0.480 e. The van der Waals surface area contributed by atoms with Gasteiger partial charge in [0.05, 0.1) is 0 Å². The topological polar surface area (TPSA) is 56.8 Å². The first-order chi connectivity index (χ1) is 11.6. The number of ether oxygens (including phenoxy) is 3. The molecule has 0 saturated heterocycles.